The predicted octanol–water partition coefficient (Wildman–Crippen LogP) is 4.52. The van der Waals surface area contributed by atoms with Crippen LogP contribution in [0.5, 0.6) is 5.75 Å². The van der Waals surface area contributed by atoms with Gasteiger partial charge in [-0.3, -0.25) is 0 Å². The van der Waals surface area contributed by atoms with Crippen molar-refractivity contribution < 1.29 is 24.2 Å². The van der Waals surface area contributed by atoms with Crippen LogP contribution in [-0.4, -0.2) is 35.9 Å². The summed E-state index contributed by atoms with van der Waals surface area (Å²) in [4.78, 5) is 23.1. The number of nitrogens with one attached hydrogen (secondary N) is 1. The number of amides is 1. The van der Waals surface area contributed by atoms with E-state index >= 15 is 0 Å². The summed E-state index contributed by atoms with van der Waals surface area (Å²) in [6, 6.07) is 12.9. The standard InChI is InChI=1S/C22H27NO5/c1-5-15-6-8-16(9-7-15)17-12-18(20(24)25)14-19(13-17)27-11-10-23-21(26)28-22(2,3)4/h6-9,12-14H,5,10-11H2,1-4H3,(H,23,26)(H,24,25). The number of hydrogen-bond donors (Lipinski definition) is 2. The van der Waals surface area contributed by atoms with E-state index in [2.05, 4.69) is 12.2 Å². The van der Waals surface area contributed by atoms with Gasteiger partial charge in [0.2, 0.25) is 0 Å². The minimum atomic E-state index is -1.02. The van der Waals surface area contributed by atoms with E-state index in [-0.39, 0.29) is 18.7 Å². The highest BCUT2D eigenvalue weighted by Gasteiger charge is 2.15. The molecule has 2 aromatic rings. The van der Waals surface area contributed by atoms with Crippen molar-refractivity contribution in [2.75, 3.05) is 13.2 Å². The maximum Gasteiger partial charge on any atom is 0.407 e. The first-order valence-corrected chi connectivity index (χ1v) is 9.25. The molecular weight excluding hydrogens is 358 g/mol. The van der Waals surface area contributed by atoms with E-state index < -0.39 is 17.7 Å². The molecule has 6 nitrogen and oxygen atoms in total. The Bertz CT molecular complexity index is 822. The van der Waals surface area contributed by atoms with E-state index in [0.29, 0.717) is 5.75 Å². The fourth-order valence-corrected chi connectivity index (χ4v) is 2.54. The van der Waals surface area contributed by atoms with Crippen LogP contribution in [0.15, 0.2) is 42.5 Å². The van der Waals surface area contributed by atoms with Crippen molar-refractivity contribution in [3.63, 3.8) is 0 Å². The van der Waals surface area contributed by atoms with Gasteiger partial charge in [0.05, 0.1) is 12.1 Å². The predicted molar refractivity (Wildman–Crippen MR) is 108 cm³/mol. The van der Waals surface area contributed by atoms with Crippen LogP contribution in [0.3, 0.4) is 0 Å². The Hall–Kier alpha value is -3.02. The zero-order valence-corrected chi connectivity index (χ0v) is 16.7. The fourth-order valence-electron chi connectivity index (χ4n) is 2.54. The molecule has 0 aliphatic rings. The van der Waals surface area contributed by atoms with E-state index in [1.165, 1.54) is 11.6 Å². The molecule has 0 unspecified atom stereocenters. The average Bonchev–Trinajstić information content (AvgIpc) is 2.63. The lowest BCUT2D eigenvalue weighted by molar-refractivity contribution is 0.0520. The fraction of sp³-hybridized carbons (Fsp3) is 0.364. The molecule has 0 aliphatic carbocycles. The Morgan fingerprint density at radius 3 is 2.29 bits per heavy atom. The number of rotatable bonds is 7. The summed E-state index contributed by atoms with van der Waals surface area (Å²) in [5, 5.41) is 12.0. The van der Waals surface area contributed by atoms with E-state index in [1.54, 1.807) is 32.9 Å². The number of hydrogen-bond acceptors (Lipinski definition) is 4. The number of benzene rings is 2. The second-order valence-corrected chi connectivity index (χ2v) is 7.38. The normalized spacial score (nSPS) is 11.0. The van der Waals surface area contributed by atoms with Gasteiger partial charge in [-0.25, -0.2) is 9.59 Å². The van der Waals surface area contributed by atoms with Crippen LogP contribution in [0.25, 0.3) is 11.1 Å². The summed E-state index contributed by atoms with van der Waals surface area (Å²) in [6.45, 7) is 7.87. The molecule has 0 atom stereocenters. The number of alkyl carbamates (subject to hydrolysis) is 1. The lowest BCUT2D eigenvalue weighted by Crippen LogP contribution is -2.34. The second-order valence-electron chi connectivity index (χ2n) is 7.38. The molecule has 0 fully saturated rings. The molecule has 0 saturated carbocycles. The molecule has 28 heavy (non-hydrogen) atoms. The molecule has 0 saturated heterocycles. The van der Waals surface area contributed by atoms with E-state index in [1.807, 2.05) is 24.3 Å². The third kappa shape index (κ3) is 6.61. The molecule has 2 rings (SSSR count). The van der Waals surface area contributed by atoms with Gasteiger partial charge in [0.15, 0.2) is 0 Å². The average molecular weight is 385 g/mol. The Labute approximate surface area is 165 Å². The van der Waals surface area contributed by atoms with Crippen molar-refractivity contribution in [2.24, 2.45) is 0 Å². The molecule has 0 spiro atoms. The van der Waals surface area contributed by atoms with Crippen LogP contribution in [0.1, 0.15) is 43.6 Å². The van der Waals surface area contributed by atoms with Crippen LogP contribution in [0, 0.1) is 0 Å². The highest BCUT2D eigenvalue weighted by molar-refractivity contribution is 5.90. The number of carbonyl (C=O) groups is 2. The van der Waals surface area contributed by atoms with E-state index in [0.717, 1.165) is 17.5 Å². The van der Waals surface area contributed by atoms with E-state index in [4.69, 9.17) is 9.47 Å². The SMILES string of the molecule is CCc1ccc(-c2cc(OCCNC(=O)OC(C)(C)C)cc(C(=O)O)c2)cc1. The molecule has 0 bridgehead atoms. The molecule has 0 heterocycles. The Balaban J connectivity index is 2.06. The molecule has 150 valence electrons. The lowest BCUT2D eigenvalue weighted by Gasteiger charge is -2.19. The number of carboxylic acids is 1. The quantitative estimate of drug-likeness (QED) is 0.685. The first-order valence-electron chi connectivity index (χ1n) is 9.25. The van der Waals surface area contributed by atoms with Crippen molar-refractivity contribution in [1.29, 1.82) is 0 Å². The van der Waals surface area contributed by atoms with Crippen LogP contribution < -0.4 is 10.1 Å². The summed E-state index contributed by atoms with van der Waals surface area (Å²) in [7, 11) is 0. The van der Waals surface area contributed by atoms with Gasteiger partial charge in [0.1, 0.15) is 18.0 Å². The van der Waals surface area contributed by atoms with Crippen molar-refractivity contribution >= 4 is 12.1 Å². The molecule has 0 aromatic heterocycles. The van der Waals surface area contributed by atoms with Gasteiger partial charge in [-0.2, -0.15) is 0 Å². The Kier molecular flexibility index (Phi) is 7.04. The zero-order valence-electron chi connectivity index (χ0n) is 16.7. The van der Waals surface area contributed by atoms with Crippen molar-refractivity contribution in [3.05, 3.63) is 53.6 Å². The van der Waals surface area contributed by atoms with Crippen molar-refractivity contribution in [2.45, 2.75) is 39.7 Å². The van der Waals surface area contributed by atoms with Gasteiger partial charge >= 0.3 is 12.1 Å². The molecule has 1 amide bonds. The van der Waals surface area contributed by atoms with Gasteiger partial charge in [-0.1, -0.05) is 31.2 Å². The summed E-state index contributed by atoms with van der Waals surface area (Å²) < 4.78 is 10.8. The summed E-state index contributed by atoms with van der Waals surface area (Å²) in [5.74, 6) is -0.593. The van der Waals surface area contributed by atoms with Gasteiger partial charge in [0.25, 0.3) is 0 Å². The number of aryl methyl sites for hydroxylation is 1. The van der Waals surface area contributed by atoms with Gasteiger partial charge < -0.3 is 19.9 Å². The number of carbonyl (C=O) groups excluding carboxylic acids is 1. The molecule has 6 heteroatoms. The molecule has 0 radical (unpaired) electrons. The van der Waals surface area contributed by atoms with Crippen LogP contribution >= 0.6 is 0 Å². The highest BCUT2D eigenvalue weighted by Crippen LogP contribution is 2.27. The maximum absolute atomic E-state index is 11.6. The summed E-state index contributed by atoms with van der Waals surface area (Å²) in [5.41, 5.74) is 2.47. The van der Waals surface area contributed by atoms with Gasteiger partial charge in [-0.05, 0) is 62.1 Å². The van der Waals surface area contributed by atoms with Gasteiger partial charge in [-0.15, -0.1) is 0 Å². The smallest absolute Gasteiger partial charge is 0.407 e. The second kappa shape index (κ2) is 9.26. The summed E-state index contributed by atoms with van der Waals surface area (Å²) >= 11 is 0. The number of ether oxygens (including phenoxy) is 2. The lowest BCUT2D eigenvalue weighted by atomic mass is 10.0. The zero-order chi connectivity index (χ0) is 20.7. The third-order valence-corrected chi connectivity index (χ3v) is 3.89. The molecule has 2 N–H and O–H groups in total. The maximum atomic E-state index is 11.6. The first-order chi connectivity index (χ1) is 13.2. The highest BCUT2D eigenvalue weighted by atomic mass is 16.6. The molecular formula is C22H27NO5. The van der Waals surface area contributed by atoms with Crippen molar-refractivity contribution in [3.8, 4) is 16.9 Å². The minimum absolute atomic E-state index is 0.146. The first kappa shape index (κ1) is 21.3. The van der Waals surface area contributed by atoms with Crippen molar-refractivity contribution in [1.82, 2.24) is 5.32 Å². The van der Waals surface area contributed by atoms with Gasteiger partial charge in [0, 0.05) is 0 Å². The van der Waals surface area contributed by atoms with Crippen LogP contribution in [0.2, 0.25) is 0 Å². The minimum Gasteiger partial charge on any atom is -0.492 e. The topological polar surface area (TPSA) is 84.9 Å². The summed E-state index contributed by atoms with van der Waals surface area (Å²) in [6.07, 6.45) is 0.418. The third-order valence-electron chi connectivity index (χ3n) is 3.89. The Morgan fingerprint density at radius 1 is 1.04 bits per heavy atom. The number of carboxylic acid groups (broad SMARTS) is 1. The van der Waals surface area contributed by atoms with E-state index in [9.17, 15) is 14.7 Å². The monoisotopic (exact) mass is 385 g/mol. The van der Waals surface area contributed by atoms with Crippen LogP contribution in [-0.2, 0) is 11.2 Å². The number of aromatic carboxylic acids is 1. The molecule has 0 aliphatic heterocycles. The molecule has 2 aromatic carbocycles. The largest absolute Gasteiger partial charge is 0.492 e. The van der Waals surface area contributed by atoms with Crippen LogP contribution in [0.4, 0.5) is 4.79 Å². The Morgan fingerprint density at radius 2 is 1.71 bits per heavy atom.